The highest BCUT2D eigenvalue weighted by atomic mass is 32.2. The first-order chi connectivity index (χ1) is 12.9. The second-order valence-corrected chi connectivity index (χ2v) is 7.99. The Kier molecular flexibility index (Phi) is 7.40. The standard InChI is InChI=1S/C18H20N2O5S2/c1-3-25-18(22)13-4-10-16(11-5-13)27(23,24)19-12-17(21)20-14-6-8-15(26-2)9-7-14/h4-11,19H,3,12H2,1-2H3,(H,20,21). The van der Waals surface area contributed by atoms with Crippen LogP contribution < -0.4 is 10.0 Å². The molecule has 0 fully saturated rings. The van der Waals surface area contributed by atoms with Crippen LogP contribution in [0.15, 0.2) is 58.3 Å². The average Bonchev–Trinajstić information content (AvgIpc) is 2.67. The van der Waals surface area contributed by atoms with Crippen LogP contribution in [-0.2, 0) is 19.6 Å². The van der Waals surface area contributed by atoms with Gasteiger partial charge in [-0.1, -0.05) is 0 Å². The number of esters is 1. The van der Waals surface area contributed by atoms with Crippen LogP contribution in [0.25, 0.3) is 0 Å². The molecule has 9 heteroatoms. The van der Waals surface area contributed by atoms with E-state index >= 15 is 0 Å². The van der Waals surface area contributed by atoms with E-state index in [0.29, 0.717) is 5.69 Å². The molecular weight excluding hydrogens is 388 g/mol. The van der Waals surface area contributed by atoms with Gasteiger partial charge in [0.05, 0.1) is 23.6 Å². The Morgan fingerprint density at radius 3 is 2.22 bits per heavy atom. The number of rotatable bonds is 8. The summed E-state index contributed by atoms with van der Waals surface area (Å²) in [4.78, 5) is 24.6. The first kappa shape index (κ1) is 20.9. The number of amides is 1. The molecule has 0 saturated heterocycles. The van der Waals surface area contributed by atoms with Gasteiger partial charge in [0.2, 0.25) is 15.9 Å². The fourth-order valence-corrected chi connectivity index (χ4v) is 3.50. The molecule has 27 heavy (non-hydrogen) atoms. The maximum Gasteiger partial charge on any atom is 0.338 e. The minimum atomic E-state index is -3.88. The zero-order chi connectivity index (χ0) is 19.9. The summed E-state index contributed by atoms with van der Waals surface area (Å²) in [6.45, 7) is 1.50. The molecule has 0 saturated carbocycles. The molecular formula is C18H20N2O5S2. The number of carbonyl (C=O) groups excluding carboxylic acids is 2. The highest BCUT2D eigenvalue weighted by molar-refractivity contribution is 7.98. The van der Waals surface area contributed by atoms with Crippen molar-refractivity contribution in [3.63, 3.8) is 0 Å². The number of carbonyl (C=O) groups is 2. The molecule has 0 spiro atoms. The van der Waals surface area contributed by atoms with Crippen molar-refractivity contribution in [2.75, 3.05) is 24.7 Å². The number of ether oxygens (including phenoxy) is 1. The van der Waals surface area contributed by atoms with Crippen LogP contribution in [0.3, 0.4) is 0 Å². The summed E-state index contributed by atoms with van der Waals surface area (Å²) < 4.78 is 31.6. The van der Waals surface area contributed by atoms with Crippen molar-refractivity contribution in [3.05, 3.63) is 54.1 Å². The van der Waals surface area contributed by atoms with Crippen LogP contribution in [-0.4, -0.2) is 39.7 Å². The fraction of sp³-hybridized carbons (Fsp3) is 0.222. The molecule has 0 aliphatic carbocycles. The third kappa shape index (κ3) is 6.09. The van der Waals surface area contributed by atoms with Gasteiger partial charge in [-0.05, 0) is 61.7 Å². The molecule has 0 aliphatic rings. The Hall–Kier alpha value is -2.36. The van der Waals surface area contributed by atoms with Crippen molar-refractivity contribution in [1.82, 2.24) is 4.72 Å². The highest BCUT2D eigenvalue weighted by Crippen LogP contribution is 2.17. The molecule has 0 atom stereocenters. The summed E-state index contributed by atoms with van der Waals surface area (Å²) in [5.41, 5.74) is 0.831. The van der Waals surface area contributed by atoms with Crippen LogP contribution in [0.1, 0.15) is 17.3 Å². The van der Waals surface area contributed by atoms with Crippen molar-refractivity contribution in [2.24, 2.45) is 0 Å². The zero-order valence-corrected chi connectivity index (χ0v) is 16.5. The summed E-state index contributed by atoms with van der Waals surface area (Å²) in [6, 6.07) is 12.5. The summed E-state index contributed by atoms with van der Waals surface area (Å²) in [7, 11) is -3.88. The lowest BCUT2D eigenvalue weighted by Gasteiger charge is -2.09. The Labute approximate surface area is 162 Å². The predicted octanol–water partition coefficient (Wildman–Crippen LogP) is 2.50. The number of benzene rings is 2. The fourth-order valence-electron chi connectivity index (χ4n) is 2.11. The van der Waals surface area contributed by atoms with Gasteiger partial charge >= 0.3 is 5.97 Å². The maximum absolute atomic E-state index is 12.3. The Morgan fingerprint density at radius 2 is 1.67 bits per heavy atom. The predicted molar refractivity (Wildman–Crippen MR) is 104 cm³/mol. The van der Waals surface area contributed by atoms with Crippen LogP contribution in [0, 0.1) is 0 Å². The number of thioether (sulfide) groups is 1. The summed E-state index contributed by atoms with van der Waals surface area (Å²) in [5.74, 6) is -1.01. The topological polar surface area (TPSA) is 102 Å². The summed E-state index contributed by atoms with van der Waals surface area (Å²) in [5, 5.41) is 2.62. The van der Waals surface area contributed by atoms with E-state index in [1.165, 1.54) is 24.3 Å². The molecule has 0 bridgehead atoms. The molecule has 0 radical (unpaired) electrons. The van der Waals surface area contributed by atoms with E-state index in [9.17, 15) is 18.0 Å². The Morgan fingerprint density at radius 1 is 1.04 bits per heavy atom. The zero-order valence-electron chi connectivity index (χ0n) is 14.9. The number of nitrogens with one attached hydrogen (secondary N) is 2. The Balaban J connectivity index is 1.95. The van der Waals surface area contributed by atoms with Crippen LogP contribution >= 0.6 is 11.8 Å². The largest absolute Gasteiger partial charge is 0.462 e. The van der Waals surface area contributed by atoms with Crippen LogP contribution in [0.5, 0.6) is 0 Å². The molecule has 1 amide bonds. The third-order valence-corrected chi connectivity index (χ3v) is 5.63. The van der Waals surface area contributed by atoms with E-state index < -0.39 is 28.4 Å². The van der Waals surface area contributed by atoms with E-state index in [-0.39, 0.29) is 17.1 Å². The van der Waals surface area contributed by atoms with Gasteiger partial charge in [-0.3, -0.25) is 4.79 Å². The number of sulfonamides is 1. The van der Waals surface area contributed by atoms with Gasteiger partial charge < -0.3 is 10.1 Å². The minimum absolute atomic E-state index is 0.0485. The molecule has 2 aromatic carbocycles. The second kappa shape index (κ2) is 9.54. The number of hydrogen-bond acceptors (Lipinski definition) is 6. The van der Waals surface area contributed by atoms with Gasteiger partial charge in [0.1, 0.15) is 0 Å². The lowest BCUT2D eigenvalue weighted by molar-refractivity contribution is -0.115. The molecule has 0 aromatic heterocycles. The Bertz CT molecular complexity index is 894. The molecule has 0 unspecified atom stereocenters. The van der Waals surface area contributed by atoms with Crippen molar-refractivity contribution in [2.45, 2.75) is 16.7 Å². The molecule has 2 rings (SSSR count). The molecule has 144 valence electrons. The van der Waals surface area contributed by atoms with Crippen LogP contribution in [0.2, 0.25) is 0 Å². The van der Waals surface area contributed by atoms with E-state index in [0.717, 1.165) is 4.90 Å². The number of anilines is 1. The van der Waals surface area contributed by atoms with Gasteiger partial charge in [0, 0.05) is 10.6 Å². The molecule has 0 aliphatic heterocycles. The SMILES string of the molecule is CCOC(=O)c1ccc(S(=O)(=O)NCC(=O)Nc2ccc(SC)cc2)cc1. The second-order valence-electron chi connectivity index (χ2n) is 5.35. The van der Waals surface area contributed by atoms with Gasteiger partial charge in [-0.15, -0.1) is 11.8 Å². The highest BCUT2D eigenvalue weighted by Gasteiger charge is 2.16. The van der Waals surface area contributed by atoms with Crippen molar-refractivity contribution >= 4 is 39.3 Å². The molecule has 7 nitrogen and oxygen atoms in total. The molecule has 2 N–H and O–H groups in total. The first-order valence-electron chi connectivity index (χ1n) is 8.06. The van der Waals surface area contributed by atoms with E-state index in [4.69, 9.17) is 4.74 Å². The van der Waals surface area contributed by atoms with Gasteiger partial charge in [-0.2, -0.15) is 0 Å². The van der Waals surface area contributed by atoms with Gasteiger partial charge in [0.25, 0.3) is 0 Å². The molecule has 0 heterocycles. The summed E-state index contributed by atoms with van der Waals surface area (Å²) >= 11 is 1.58. The smallest absolute Gasteiger partial charge is 0.338 e. The summed E-state index contributed by atoms with van der Waals surface area (Å²) in [6.07, 6.45) is 1.95. The van der Waals surface area contributed by atoms with E-state index in [2.05, 4.69) is 10.0 Å². The first-order valence-corrected chi connectivity index (χ1v) is 10.8. The monoisotopic (exact) mass is 408 g/mol. The van der Waals surface area contributed by atoms with Crippen LogP contribution in [0.4, 0.5) is 5.69 Å². The lowest BCUT2D eigenvalue weighted by atomic mass is 10.2. The molecule has 2 aromatic rings. The lowest BCUT2D eigenvalue weighted by Crippen LogP contribution is -2.32. The maximum atomic E-state index is 12.3. The van der Waals surface area contributed by atoms with Crippen molar-refractivity contribution < 1.29 is 22.7 Å². The quantitative estimate of drug-likeness (QED) is 0.514. The van der Waals surface area contributed by atoms with Crippen molar-refractivity contribution in [1.29, 1.82) is 0 Å². The minimum Gasteiger partial charge on any atom is -0.462 e. The normalized spacial score (nSPS) is 11.0. The van der Waals surface area contributed by atoms with Crippen molar-refractivity contribution in [3.8, 4) is 0 Å². The van der Waals surface area contributed by atoms with E-state index in [1.807, 2.05) is 18.4 Å². The van der Waals surface area contributed by atoms with Gasteiger partial charge in [0.15, 0.2) is 0 Å². The van der Waals surface area contributed by atoms with Gasteiger partial charge in [-0.25, -0.2) is 17.9 Å². The van der Waals surface area contributed by atoms with E-state index in [1.54, 1.807) is 30.8 Å². The third-order valence-electron chi connectivity index (χ3n) is 3.47. The number of hydrogen-bond donors (Lipinski definition) is 2. The average molecular weight is 409 g/mol.